The molecule has 0 aromatic carbocycles. The van der Waals surface area contributed by atoms with Gasteiger partial charge in [-0.1, -0.05) is 12.2 Å². The highest BCUT2D eigenvalue weighted by molar-refractivity contribution is 6.07. The standard InChI is InChI=1S/C11H9N6/c12-9-8-11(15-6-14-9)17-10(16-8)7-4-2-1-3-5-13-7/h1-6,13H,(H2,12,14,15). The second-order valence-electron chi connectivity index (χ2n) is 3.45. The minimum atomic E-state index is 0.342. The van der Waals surface area contributed by atoms with Gasteiger partial charge < -0.3 is 11.1 Å². The number of amidine groups is 1. The molecule has 0 fully saturated rings. The fraction of sp³-hybridized carbons (Fsp3) is 0. The molecular weight excluding hydrogens is 216 g/mol. The summed E-state index contributed by atoms with van der Waals surface area (Å²) in [5.41, 5.74) is 7.04. The van der Waals surface area contributed by atoms with E-state index in [-0.39, 0.29) is 0 Å². The summed E-state index contributed by atoms with van der Waals surface area (Å²) in [6.07, 6.45) is 10.8. The van der Waals surface area contributed by atoms with E-state index < -0.39 is 0 Å². The third-order valence-corrected chi connectivity index (χ3v) is 2.32. The van der Waals surface area contributed by atoms with Gasteiger partial charge in [0.2, 0.25) is 0 Å². The Bertz CT molecular complexity index is 582. The van der Waals surface area contributed by atoms with Crippen LogP contribution in [0.3, 0.4) is 0 Å². The van der Waals surface area contributed by atoms with Gasteiger partial charge in [0.1, 0.15) is 6.33 Å². The van der Waals surface area contributed by atoms with Gasteiger partial charge in [0, 0.05) is 6.20 Å². The maximum Gasteiger partial charge on any atom is 0.185 e. The van der Waals surface area contributed by atoms with E-state index in [1.165, 1.54) is 6.33 Å². The van der Waals surface area contributed by atoms with Gasteiger partial charge in [0.15, 0.2) is 23.2 Å². The van der Waals surface area contributed by atoms with Crippen molar-refractivity contribution in [1.29, 1.82) is 0 Å². The lowest BCUT2D eigenvalue weighted by Gasteiger charge is -2.03. The van der Waals surface area contributed by atoms with Crippen LogP contribution < -0.4 is 16.4 Å². The van der Waals surface area contributed by atoms with E-state index in [4.69, 9.17) is 5.73 Å². The molecule has 17 heavy (non-hydrogen) atoms. The van der Waals surface area contributed by atoms with Crippen molar-refractivity contribution in [2.24, 2.45) is 4.99 Å². The molecule has 0 spiro atoms. The fourth-order valence-corrected chi connectivity index (χ4v) is 1.52. The number of hydrogen-bond donors (Lipinski definition) is 2. The molecule has 83 valence electrons. The summed E-state index contributed by atoms with van der Waals surface area (Å²) >= 11 is 0. The van der Waals surface area contributed by atoms with E-state index in [0.717, 1.165) is 5.70 Å². The van der Waals surface area contributed by atoms with Crippen LogP contribution in [0.2, 0.25) is 0 Å². The quantitative estimate of drug-likeness (QED) is 0.742. The van der Waals surface area contributed by atoms with Crippen molar-refractivity contribution in [3.63, 3.8) is 0 Å². The monoisotopic (exact) mass is 225 g/mol. The van der Waals surface area contributed by atoms with Gasteiger partial charge in [-0.25, -0.2) is 20.3 Å². The summed E-state index contributed by atoms with van der Waals surface area (Å²) in [6, 6.07) is 0. The summed E-state index contributed by atoms with van der Waals surface area (Å²) in [4.78, 5) is 12.2. The van der Waals surface area contributed by atoms with E-state index in [9.17, 15) is 0 Å². The molecule has 3 heterocycles. The molecule has 1 aromatic rings. The van der Waals surface area contributed by atoms with Crippen molar-refractivity contribution < 1.29 is 0 Å². The summed E-state index contributed by atoms with van der Waals surface area (Å²) in [6.45, 7) is 0. The number of anilines is 1. The van der Waals surface area contributed by atoms with Gasteiger partial charge in [0.05, 0.1) is 5.70 Å². The maximum atomic E-state index is 5.71. The van der Waals surface area contributed by atoms with Gasteiger partial charge in [-0.15, -0.1) is 0 Å². The van der Waals surface area contributed by atoms with Crippen LogP contribution in [0.5, 0.6) is 0 Å². The SMILES string of the molecule is Nc1ncnc2c1N=C(C1=CC=CC=CN1)[N]2. The molecule has 0 saturated carbocycles. The van der Waals surface area contributed by atoms with Crippen LogP contribution in [0.4, 0.5) is 17.3 Å². The predicted octanol–water partition coefficient (Wildman–Crippen LogP) is 0.895. The molecule has 3 rings (SSSR count). The molecule has 0 aliphatic carbocycles. The number of hydrogen-bond acceptors (Lipinski definition) is 5. The van der Waals surface area contributed by atoms with Crippen LogP contribution in [0, 0.1) is 0 Å². The predicted molar refractivity (Wildman–Crippen MR) is 64.8 cm³/mol. The van der Waals surface area contributed by atoms with Crippen molar-refractivity contribution in [2.75, 3.05) is 5.73 Å². The number of fused-ring (bicyclic) bond motifs is 1. The molecule has 0 bridgehead atoms. The van der Waals surface area contributed by atoms with Crippen molar-refractivity contribution in [1.82, 2.24) is 20.6 Å². The molecular formula is C11H9N6. The van der Waals surface area contributed by atoms with Crippen molar-refractivity contribution in [3.8, 4) is 0 Å². The number of nitrogens with two attached hydrogens (primary N) is 1. The topological polar surface area (TPSA) is 90.3 Å². The Morgan fingerprint density at radius 1 is 1.12 bits per heavy atom. The first kappa shape index (κ1) is 9.59. The van der Waals surface area contributed by atoms with Crippen LogP contribution >= 0.6 is 0 Å². The van der Waals surface area contributed by atoms with E-state index in [1.54, 1.807) is 0 Å². The van der Waals surface area contributed by atoms with Crippen LogP contribution in [0.15, 0.2) is 47.5 Å². The molecule has 3 N–H and O–H groups in total. The average Bonchev–Trinajstić information content (AvgIpc) is 2.59. The second-order valence-corrected chi connectivity index (χ2v) is 3.45. The number of nitrogen functional groups attached to an aromatic ring is 1. The van der Waals surface area contributed by atoms with E-state index in [1.807, 2.05) is 30.5 Å². The van der Waals surface area contributed by atoms with Gasteiger partial charge in [-0.2, -0.15) is 0 Å². The van der Waals surface area contributed by atoms with E-state index in [2.05, 4.69) is 25.6 Å². The third kappa shape index (κ3) is 1.65. The first-order valence-corrected chi connectivity index (χ1v) is 5.06. The molecule has 0 atom stereocenters. The summed E-state index contributed by atoms with van der Waals surface area (Å²) in [5.74, 6) is 1.41. The van der Waals surface area contributed by atoms with Crippen LogP contribution in [-0.2, 0) is 0 Å². The smallest absolute Gasteiger partial charge is 0.185 e. The van der Waals surface area contributed by atoms with Gasteiger partial charge >= 0.3 is 0 Å². The maximum absolute atomic E-state index is 5.71. The van der Waals surface area contributed by atoms with Gasteiger partial charge in [-0.3, -0.25) is 0 Å². The normalized spacial score (nSPS) is 16.5. The van der Waals surface area contributed by atoms with Crippen LogP contribution in [0.25, 0.3) is 0 Å². The summed E-state index contributed by atoms with van der Waals surface area (Å²) in [7, 11) is 0. The highest BCUT2D eigenvalue weighted by atomic mass is 15.2. The Morgan fingerprint density at radius 2 is 2.06 bits per heavy atom. The first-order valence-electron chi connectivity index (χ1n) is 5.06. The minimum Gasteiger partial charge on any atom is -0.382 e. The molecule has 0 saturated heterocycles. The van der Waals surface area contributed by atoms with Crippen molar-refractivity contribution >= 4 is 23.2 Å². The van der Waals surface area contributed by atoms with Gasteiger partial charge in [0.25, 0.3) is 0 Å². The lowest BCUT2D eigenvalue weighted by atomic mass is 10.3. The largest absolute Gasteiger partial charge is 0.382 e. The van der Waals surface area contributed by atoms with Gasteiger partial charge in [-0.05, 0) is 12.2 Å². The summed E-state index contributed by atoms with van der Waals surface area (Å²) in [5, 5.41) is 7.38. The average molecular weight is 225 g/mol. The number of nitrogens with one attached hydrogen (secondary N) is 1. The van der Waals surface area contributed by atoms with Crippen LogP contribution in [-0.4, -0.2) is 15.8 Å². The molecule has 1 radical (unpaired) electrons. The minimum absolute atomic E-state index is 0.342. The number of rotatable bonds is 1. The molecule has 6 nitrogen and oxygen atoms in total. The Labute approximate surface area is 97.7 Å². The zero-order valence-electron chi connectivity index (χ0n) is 8.83. The molecule has 1 aromatic heterocycles. The number of aliphatic imine (C=N–C) groups is 1. The first-order chi connectivity index (χ1) is 8.34. The zero-order valence-corrected chi connectivity index (χ0v) is 8.83. The lowest BCUT2D eigenvalue weighted by molar-refractivity contribution is 1.08. The van der Waals surface area contributed by atoms with E-state index >= 15 is 0 Å². The number of allylic oxidation sites excluding steroid dienone is 4. The lowest BCUT2D eigenvalue weighted by Crippen LogP contribution is -2.19. The Morgan fingerprint density at radius 3 is 2.94 bits per heavy atom. The van der Waals surface area contributed by atoms with Crippen molar-refractivity contribution in [2.45, 2.75) is 0 Å². The van der Waals surface area contributed by atoms with Crippen molar-refractivity contribution in [3.05, 3.63) is 42.5 Å². The Balaban J connectivity index is 1.97. The molecule has 6 heteroatoms. The molecule has 2 aliphatic rings. The highest BCUT2D eigenvalue weighted by Crippen LogP contribution is 2.33. The number of nitrogens with zero attached hydrogens (tertiary/aromatic N) is 4. The second kappa shape index (κ2) is 3.75. The van der Waals surface area contributed by atoms with E-state index in [0.29, 0.717) is 23.2 Å². The Kier molecular flexibility index (Phi) is 2.11. The Hall–Kier alpha value is -2.63. The third-order valence-electron chi connectivity index (χ3n) is 2.32. The number of aromatic nitrogens is 2. The zero-order chi connectivity index (χ0) is 11.7. The summed E-state index contributed by atoms with van der Waals surface area (Å²) < 4.78 is 0. The molecule has 0 amide bonds. The highest BCUT2D eigenvalue weighted by Gasteiger charge is 2.22. The molecule has 2 aliphatic heterocycles. The van der Waals surface area contributed by atoms with Crippen LogP contribution in [0.1, 0.15) is 0 Å². The fourth-order valence-electron chi connectivity index (χ4n) is 1.52. The molecule has 0 unspecified atom stereocenters.